The van der Waals surface area contributed by atoms with Crippen LogP contribution in [0.4, 0.5) is 4.39 Å². The molecule has 1 rings (SSSR count). The molecule has 1 aromatic rings. The van der Waals surface area contributed by atoms with Gasteiger partial charge in [-0.3, -0.25) is 0 Å². The zero-order valence-electron chi connectivity index (χ0n) is 8.42. The van der Waals surface area contributed by atoms with Crippen LogP contribution in [0.1, 0.15) is 5.56 Å². The predicted octanol–water partition coefficient (Wildman–Crippen LogP) is 1.60. The van der Waals surface area contributed by atoms with Gasteiger partial charge in [0, 0.05) is 6.54 Å². The van der Waals surface area contributed by atoms with Crippen LogP contribution in [-0.2, 0) is 11.2 Å². The lowest BCUT2D eigenvalue weighted by molar-refractivity contribution is 0.140. The number of hydrogen-bond donors (Lipinski definition) is 1. The second-order valence-electron chi connectivity index (χ2n) is 3.10. The van der Waals surface area contributed by atoms with Crippen molar-refractivity contribution in [3.63, 3.8) is 0 Å². The van der Waals surface area contributed by atoms with Crippen molar-refractivity contribution in [2.75, 3.05) is 26.8 Å². The van der Waals surface area contributed by atoms with E-state index in [0.29, 0.717) is 13.2 Å². The van der Waals surface area contributed by atoms with E-state index in [2.05, 4.69) is 5.32 Å². The molecule has 0 fully saturated rings. The van der Waals surface area contributed by atoms with Gasteiger partial charge >= 0.3 is 0 Å². The molecule has 0 unspecified atom stereocenters. The van der Waals surface area contributed by atoms with Crippen molar-refractivity contribution in [1.82, 2.24) is 5.32 Å². The Hall–Kier alpha value is -0.930. The number of rotatable bonds is 6. The molecule has 1 N–H and O–H groups in total. The Kier molecular flexibility index (Phi) is 5.19. The van der Waals surface area contributed by atoms with Crippen molar-refractivity contribution in [2.24, 2.45) is 0 Å². The smallest absolute Gasteiger partial charge is 0.123 e. The van der Waals surface area contributed by atoms with Crippen LogP contribution < -0.4 is 5.32 Å². The Morgan fingerprint density at radius 2 is 2.21 bits per heavy atom. The second-order valence-corrected chi connectivity index (χ2v) is 3.10. The van der Waals surface area contributed by atoms with Gasteiger partial charge in [-0.05, 0) is 31.2 Å². The van der Waals surface area contributed by atoms with Crippen molar-refractivity contribution < 1.29 is 9.13 Å². The highest BCUT2D eigenvalue weighted by Crippen LogP contribution is 2.03. The number of halogens is 1. The van der Waals surface area contributed by atoms with Gasteiger partial charge in [0.05, 0.1) is 13.2 Å². The maximum Gasteiger partial charge on any atom is 0.123 e. The van der Waals surface area contributed by atoms with Crippen LogP contribution in [-0.4, -0.2) is 26.8 Å². The lowest BCUT2D eigenvalue weighted by atomic mass is 10.2. The van der Waals surface area contributed by atoms with Gasteiger partial charge in [0.2, 0.25) is 0 Å². The molecule has 3 heteroatoms. The molecule has 0 amide bonds. The third-order valence-electron chi connectivity index (χ3n) is 1.92. The first-order valence-electron chi connectivity index (χ1n) is 4.79. The third kappa shape index (κ3) is 4.35. The maximum atomic E-state index is 12.7. The highest BCUT2D eigenvalue weighted by Gasteiger charge is 1.95. The van der Waals surface area contributed by atoms with Crippen LogP contribution in [0.15, 0.2) is 24.3 Å². The first kappa shape index (κ1) is 11.1. The fraction of sp³-hybridized carbons (Fsp3) is 0.455. The molecule has 0 atom stereocenters. The van der Waals surface area contributed by atoms with Crippen molar-refractivity contribution >= 4 is 0 Å². The van der Waals surface area contributed by atoms with E-state index in [9.17, 15) is 4.39 Å². The molecule has 0 aliphatic rings. The minimum absolute atomic E-state index is 0.183. The van der Waals surface area contributed by atoms with Crippen molar-refractivity contribution in [3.8, 4) is 0 Å². The lowest BCUT2D eigenvalue weighted by Crippen LogP contribution is -2.15. The summed E-state index contributed by atoms with van der Waals surface area (Å²) >= 11 is 0. The van der Waals surface area contributed by atoms with Crippen LogP contribution >= 0.6 is 0 Å². The van der Waals surface area contributed by atoms with Gasteiger partial charge in [-0.2, -0.15) is 0 Å². The van der Waals surface area contributed by atoms with E-state index in [4.69, 9.17) is 4.74 Å². The zero-order chi connectivity index (χ0) is 10.2. The van der Waals surface area contributed by atoms with E-state index >= 15 is 0 Å². The zero-order valence-corrected chi connectivity index (χ0v) is 8.42. The maximum absolute atomic E-state index is 12.7. The fourth-order valence-electron chi connectivity index (χ4n) is 1.16. The quantitative estimate of drug-likeness (QED) is 0.699. The standard InChI is InChI=1S/C11H16FNO/c1-13-6-8-14-7-5-10-3-2-4-11(12)9-10/h2-4,9,13H,5-8H2,1H3. The monoisotopic (exact) mass is 197 g/mol. The SMILES string of the molecule is CNCCOCCc1cccc(F)c1. The fourth-order valence-corrected chi connectivity index (χ4v) is 1.16. The summed E-state index contributed by atoms with van der Waals surface area (Å²) < 4.78 is 18.1. The van der Waals surface area contributed by atoms with Gasteiger partial charge in [0.1, 0.15) is 5.82 Å². The number of benzene rings is 1. The molecule has 78 valence electrons. The highest BCUT2D eigenvalue weighted by molar-refractivity contribution is 5.16. The normalized spacial score (nSPS) is 10.4. The molecule has 2 nitrogen and oxygen atoms in total. The van der Waals surface area contributed by atoms with Crippen molar-refractivity contribution in [2.45, 2.75) is 6.42 Å². The Bertz CT molecular complexity index is 265. The van der Waals surface area contributed by atoms with E-state index in [0.717, 1.165) is 18.5 Å². The summed E-state index contributed by atoms with van der Waals surface area (Å²) in [5.74, 6) is -0.183. The van der Waals surface area contributed by atoms with E-state index in [1.165, 1.54) is 6.07 Å². The second kappa shape index (κ2) is 6.51. The molecule has 0 radical (unpaired) electrons. The van der Waals surface area contributed by atoms with Crippen molar-refractivity contribution in [1.29, 1.82) is 0 Å². The Morgan fingerprint density at radius 3 is 2.93 bits per heavy atom. The van der Waals surface area contributed by atoms with Crippen LogP contribution in [0.5, 0.6) is 0 Å². The minimum atomic E-state index is -0.183. The molecule has 0 aromatic heterocycles. The number of ether oxygens (including phenoxy) is 1. The molecular formula is C11H16FNO. The Balaban J connectivity index is 2.18. The molecule has 0 bridgehead atoms. The topological polar surface area (TPSA) is 21.3 Å². The van der Waals surface area contributed by atoms with E-state index in [-0.39, 0.29) is 5.82 Å². The van der Waals surface area contributed by atoms with Gasteiger partial charge < -0.3 is 10.1 Å². The third-order valence-corrected chi connectivity index (χ3v) is 1.92. The van der Waals surface area contributed by atoms with E-state index in [1.807, 2.05) is 13.1 Å². The molecule has 1 aromatic carbocycles. The summed E-state index contributed by atoms with van der Waals surface area (Å²) in [6.07, 6.45) is 0.765. The average Bonchev–Trinajstić information content (AvgIpc) is 2.18. The van der Waals surface area contributed by atoms with Crippen LogP contribution in [0.25, 0.3) is 0 Å². The number of hydrogen-bond acceptors (Lipinski definition) is 2. The minimum Gasteiger partial charge on any atom is -0.380 e. The first-order chi connectivity index (χ1) is 6.83. The van der Waals surface area contributed by atoms with E-state index in [1.54, 1.807) is 12.1 Å². The molecule has 0 saturated carbocycles. The molecular weight excluding hydrogens is 181 g/mol. The summed E-state index contributed by atoms with van der Waals surface area (Å²) in [6.45, 7) is 2.19. The molecule has 14 heavy (non-hydrogen) atoms. The van der Waals surface area contributed by atoms with Crippen LogP contribution in [0.3, 0.4) is 0 Å². The Labute approximate surface area is 84.1 Å². The Morgan fingerprint density at radius 1 is 1.36 bits per heavy atom. The molecule has 0 saturated heterocycles. The van der Waals surface area contributed by atoms with Gasteiger partial charge in [0.15, 0.2) is 0 Å². The highest BCUT2D eigenvalue weighted by atomic mass is 19.1. The average molecular weight is 197 g/mol. The predicted molar refractivity (Wildman–Crippen MR) is 54.8 cm³/mol. The molecule has 0 spiro atoms. The summed E-state index contributed by atoms with van der Waals surface area (Å²) in [7, 11) is 1.88. The summed E-state index contributed by atoms with van der Waals surface area (Å²) in [4.78, 5) is 0. The van der Waals surface area contributed by atoms with Gasteiger partial charge in [-0.1, -0.05) is 12.1 Å². The lowest BCUT2D eigenvalue weighted by Gasteiger charge is -2.03. The summed E-state index contributed by atoms with van der Waals surface area (Å²) in [5.41, 5.74) is 0.981. The molecule has 0 heterocycles. The largest absolute Gasteiger partial charge is 0.380 e. The van der Waals surface area contributed by atoms with Gasteiger partial charge in [-0.25, -0.2) is 4.39 Å². The number of nitrogens with one attached hydrogen (secondary N) is 1. The first-order valence-corrected chi connectivity index (χ1v) is 4.79. The summed E-state index contributed by atoms with van der Waals surface area (Å²) in [5, 5.41) is 2.99. The number of likely N-dealkylation sites (N-methyl/N-ethyl adjacent to an activating group) is 1. The van der Waals surface area contributed by atoms with Gasteiger partial charge in [0.25, 0.3) is 0 Å². The summed E-state index contributed by atoms with van der Waals surface area (Å²) in [6, 6.07) is 6.62. The van der Waals surface area contributed by atoms with E-state index < -0.39 is 0 Å². The molecule has 0 aliphatic heterocycles. The van der Waals surface area contributed by atoms with Crippen molar-refractivity contribution in [3.05, 3.63) is 35.6 Å². The van der Waals surface area contributed by atoms with Crippen LogP contribution in [0.2, 0.25) is 0 Å². The molecule has 0 aliphatic carbocycles. The van der Waals surface area contributed by atoms with Gasteiger partial charge in [-0.15, -0.1) is 0 Å². The van der Waals surface area contributed by atoms with Crippen LogP contribution in [0, 0.1) is 5.82 Å².